The molecule has 1 atom stereocenters. The number of rotatable bonds is 6. The van der Waals surface area contributed by atoms with Crippen LogP contribution in [0.5, 0.6) is 0 Å². The maximum absolute atomic E-state index is 4.11. The molecule has 0 saturated carbocycles. The third-order valence-electron chi connectivity index (χ3n) is 2.87. The van der Waals surface area contributed by atoms with Gasteiger partial charge in [0.25, 0.3) is 0 Å². The first kappa shape index (κ1) is 12.2. The molecule has 0 amide bonds. The number of pyridine rings is 1. The van der Waals surface area contributed by atoms with Gasteiger partial charge in [-0.15, -0.1) is 11.3 Å². The topological polar surface area (TPSA) is 37.8 Å². The van der Waals surface area contributed by atoms with E-state index in [-0.39, 0.29) is 0 Å². The smallest absolute Gasteiger partial charge is 0.0794 e. The van der Waals surface area contributed by atoms with Crippen LogP contribution in [0.2, 0.25) is 0 Å². The Morgan fingerprint density at radius 2 is 2.12 bits per heavy atom. The first-order valence-electron chi connectivity index (χ1n) is 5.82. The van der Waals surface area contributed by atoms with E-state index in [0.717, 1.165) is 19.3 Å². The summed E-state index contributed by atoms with van der Waals surface area (Å²) in [6.07, 6.45) is 8.96. The van der Waals surface area contributed by atoms with Gasteiger partial charge in [0.15, 0.2) is 0 Å². The molecular formula is C13H17N3S. The highest BCUT2D eigenvalue weighted by Crippen LogP contribution is 2.12. The van der Waals surface area contributed by atoms with E-state index in [1.165, 1.54) is 10.4 Å². The third-order valence-corrected chi connectivity index (χ3v) is 3.67. The molecule has 2 aromatic rings. The van der Waals surface area contributed by atoms with Crippen LogP contribution in [0.15, 0.2) is 36.2 Å². The predicted octanol–water partition coefficient (Wildman–Crippen LogP) is 2.30. The van der Waals surface area contributed by atoms with Gasteiger partial charge >= 0.3 is 0 Å². The van der Waals surface area contributed by atoms with Gasteiger partial charge in [-0.2, -0.15) is 0 Å². The average Bonchev–Trinajstić information content (AvgIpc) is 2.88. The van der Waals surface area contributed by atoms with Gasteiger partial charge in [0.2, 0.25) is 0 Å². The molecule has 0 spiro atoms. The molecule has 0 radical (unpaired) electrons. The van der Waals surface area contributed by atoms with E-state index < -0.39 is 0 Å². The van der Waals surface area contributed by atoms with Gasteiger partial charge in [-0.3, -0.25) is 9.97 Å². The van der Waals surface area contributed by atoms with Crippen LogP contribution in [0, 0.1) is 0 Å². The minimum absolute atomic E-state index is 0.517. The Labute approximate surface area is 106 Å². The van der Waals surface area contributed by atoms with E-state index in [2.05, 4.69) is 27.4 Å². The Morgan fingerprint density at radius 3 is 2.76 bits per heavy atom. The number of hydrogen-bond acceptors (Lipinski definition) is 4. The van der Waals surface area contributed by atoms with Crippen LogP contribution >= 0.6 is 11.3 Å². The number of aryl methyl sites for hydroxylation is 1. The summed E-state index contributed by atoms with van der Waals surface area (Å²) in [5, 5.41) is 3.37. The van der Waals surface area contributed by atoms with E-state index >= 15 is 0 Å². The lowest BCUT2D eigenvalue weighted by Crippen LogP contribution is -2.27. The fourth-order valence-electron chi connectivity index (χ4n) is 1.82. The molecule has 17 heavy (non-hydrogen) atoms. The molecule has 0 aliphatic rings. The molecule has 0 fully saturated rings. The average molecular weight is 247 g/mol. The molecule has 0 bridgehead atoms. The van der Waals surface area contributed by atoms with Crippen molar-refractivity contribution in [2.75, 3.05) is 7.05 Å². The van der Waals surface area contributed by atoms with Crippen molar-refractivity contribution in [3.63, 3.8) is 0 Å². The van der Waals surface area contributed by atoms with Crippen molar-refractivity contribution in [1.82, 2.24) is 15.3 Å². The van der Waals surface area contributed by atoms with Gasteiger partial charge in [-0.25, -0.2) is 0 Å². The molecule has 0 aromatic carbocycles. The SMILES string of the molecule is CNC(CCc1ccncc1)Cc1cncs1. The van der Waals surface area contributed by atoms with E-state index in [0.29, 0.717) is 6.04 Å². The summed E-state index contributed by atoms with van der Waals surface area (Å²) in [5.41, 5.74) is 3.25. The quantitative estimate of drug-likeness (QED) is 0.851. The largest absolute Gasteiger partial charge is 0.317 e. The minimum atomic E-state index is 0.517. The summed E-state index contributed by atoms with van der Waals surface area (Å²) in [4.78, 5) is 9.49. The maximum atomic E-state index is 4.11. The number of likely N-dealkylation sites (N-methyl/N-ethyl adjacent to an activating group) is 1. The normalized spacial score (nSPS) is 12.5. The van der Waals surface area contributed by atoms with Gasteiger partial charge in [0.05, 0.1) is 5.51 Å². The fraction of sp³-hybridized carbons (Fsp3) is 0.385. The van der Waals surface area contributed by atoms with Gasteiger partial charge in [-0.05, 0) is 44.0 Å². The Kier molecular flexibility index (Phi) is 4.64. The zero-order valence-corrected chi connectivity index (χ0v) is 10.8. The van der Waals surface area contributed by atoms with Crippen molar-refractivity contribution in [1.29, 1.82) is 0 Å². The predicted molar refractivity (Wildman–Crippen MR) is 71.2 cm³/mol. The van der Waals surface area contributed by atoms with Crippen molar-refractivity contribution >= 4 is 11.3 Å². The van der Waals surface area contributed by atoms with E-state index in [1.807, 2.05) is 31.1 Å². The first-order chi connectivity index (χ1) is 8.38. The van der Waals surface area contributed by atoms with Crippen LogP contribution in [0.1, 0.15) is 16.9 Å². The van der Waals surface area contributed by atoms with Gasteiger partial charge < -0.3 is 5.32 Å². The second kappa shape index (κ2) is 6.47. The van der Waals surface area contributed by atoms with E-state index in [4.69, 9.17) is 0 Å². The lowest BCUT2D eigenvalue weighted by atomic mass is 10.0. The van der Waals surface area contributed by atoms with Crippen LogP contribution in [0.4, 0.5) is 0 Å². The highest BCUT2D eigenvalue weighted by molar-refractivity contribution is 7.09. The summed E-state index contributed by atoms with van der Waals surface area (Å²) in [5.74, 6) is 0. The molecule has 2 rings (SSSR count). The molecule has 1 N–H and O–H groups in total. The highest BCUT2D eigenvalue weighted by Gasteiger charge is 2.08. The molecule has 4 heteroatoms. The molecule has 1 unspecified atom stereocenters. The molecule has 0 saturated heterocycles. The zero-order valence-electron chi connectivity index (χ0n) is 9.97. The van der Waals surface area contributed by atoms with Crippen LogP contribution in [0.3, 0.4) is 0 Å². The summed E-state index contributed by atoms with van der Waals surface area (Å²) in [6, 6.07) is 4.68. The highest BCUT2D eigenvalue weighted by atomic mass is 32.1. The lowest BCUT2D eigenvalue weighted by molar-refractivity contribution is 0.523. The third kappa shape index (κ3) is 3.91. The molecule has 3 nitrogen and oxygen atoms in total. The zero-order chi connectivity index (χ0) is 11.9. The number of nitrogens with one attached hydrogen (secondary N) is 1. The van der Waals surface area contributed by atoms with Crippen molar-refractivity contribution in [2.45, 2.75) is 25.3 Å². The van der Waals surface area contributed by atoms with Crippen molar-refractivity contribution in [2.24, 2.45) is 0 Å². The molecule has 2 aromatic heterocycles. The standard InChI is InChI=1S/C13H17N3S/c1-14-12(8-13-9-16-10-17-13)3-2-11-4-6-15-7-5-11/h4-7,9-10,12,14H,2-3,8H2,1H3. The Bertz CT molecular complexity index is 413. The minimum Gasteiger partial charge on any atom is -0.317 e. The fourth-order valence-corrected chi connectivity index (χ4v) is 2.50. The first-order valence-corrected chi connectivity index (χ1v) is 6.70. The number of thiazole rings is 1. The Balaban J connectivity index is 1.84. The second-order valence-corrected chi connectivity index (χ2v) is 5.02. The van der Waals surface area contributed by atoms with Crippen molar-refractivity contribution in [3.05, 3.63) is 46.7 Å². The molecule has 90 valence electrons. The molecule has 2 heterocycles. The van der Waals surface area contributed by atoms with Crippen LogP contribution < -0.4 is 5.32 Å². The molecule has 0 aliphatic heterocycles. The summed E-state index contributed by atoms with van der Waals surface area (Å²) in [6.45, 7) is 0. The molecule has 0 aliphatic carbocycles. The lowest BCUT2D eigenvalue weighted by Gasteiger charge is -2.14. The number of hydrogen-bond donors (Lipinski definition) is 1. The van der Waals surface area contributed by atoms with Crippen molar-refractivity contribution in [3.8, 4) is 0 Å². The van der Waals surface area contributed by atoms with E-state index in [1.54, 1.807) is 11.3 Å². The molecular weight excluding hydrogens is 230 g/mol. The van der Waals surface area contributed by atoms with Crippen molar-refractivity contribution < 1.29 is 0 Å². The maximum Gasteiger partial charge on any atom is 0.0794 e. The van der Waals surface area contributed by atoms with E-state index in [9.17, 15) is 0 Å². The van der Waals surface area contributed by atoms with Crippen LogP contribution in [-0.2, 0) is 12.8 Å². The van der Waals surface area contributed by atoms with Crippen LogP contribution in [-0.4, -0.2) is 23.1 Å². The van der Waals surface area contributed by atoms with Gasteiger partial charge in [0, 0.05) is 29.5 Å². The van der Waals surface area contributed by atoms with Gasteiger partial charge in [0.1, 0.15) is 0 Å². The summed E-state index contributed by atoms with van der Waals surface area (Å²) >= 11 is 1.73. The summed E-state index contributed by atoms with van der Waals surface area (Å²) < 4.78 is 0. The Morgan fingerprint density at radius 1 is 1.29 bits per heavy atom. The monoisotopic (exact) mass is 247 g/mol. The Hall–Kier alpha value is -1.26. The van der Waals surface area contributed by atoms with Gasteiger partial charge in [-0.1, -0.05) is 0 Å². The number of aromatic nitrogens is 2. The number of nitrogens with zero attached hydrogens (tertiary/aromatic N) is 2. The second-order valence-electron chi connectivity index (χ2n) is 4.05. The summed E-state index contributed by atoms with van der Waals surface area (Å²) in [7, 11) is 2.03. The van der Waals surface area contributed by atoms with Crippen LogP contribution in [0.25, 0.3) is 0 Å².